The van der Waals surface area contributed by atoms with E-state index >= 15 is 0 Å². The monoisotopic (exact) mass is 331 g/mol. The summed E-state index contributed by atoms with van der Waals surface area (Å²) < 4.78 is 1.14. The van der Waals surface area contributed by atoms with Crippen molar-refractivity contribution in [1.82, 2.24) is 5.32 Å². The Balaban J connectivity index is 2.22. The molecule has 0 radical (unpaired) electrons. The van der Waals surface area contributed by atoms with Gasteiger partial charge in [-0.05, 0) is 50.6 Å². The third-order valence-electron chi connectivity index (χ3n) is 3.56. The Kier molecular flexibility index (Phi) is 5.38. The molecule has 0 amide bonds. The number of hydrogen-bond acceptors (Lipinski definition) is 1. The van der Waals surface area contributed by atoms with Crippen molar-refractivity contribution in [2.75, 3.05) is 13.6 Å². The summed E-state index contributed by atoms with van der Waals surface area (Å²) in [5.74, 6) is 0.509. The number of benzene rings is 2. The lowest BCUT2D eigenvalue weighted by Gasteiger charge is -2.18. The van der Waals surface area contributed by atoms with Gasteiger partial charge in [0.15, 0.2) is 0 Å². The summed E-state index contributed by atoms with van der Waals surface area (Å²) >= 11 is 3.50. The predicted molar refractivity (Wildman–Crippen MR) is 90.4 cm³/mol. The van der Waals surface area contributed by atoms with Crippen molar-refractivity contribution in [3.63, 3.8) is 0 Å². The molecule has 106 valence electrons. The van der Waals surface area contributed by atoms with Gasteiger partial charge in [-0.1, -0.05) is 57.4 Å². The topological polar surface area (TPSA) is 12.0 Å². The molecule has 2 heteroatoms. The Bertz CT molecular complexity index is 540. The first-order valence-electron chi connectivity index (χ1n) is 7.05. The van der Waals surface area contributed by atoms with Crippen LogP contribution < -0.4 is 5.32 Å². The molecular formula is C18H22BrN. The highest BCUT2D eigenvalue weighted by atomic mass is 79.9. The van der Waals surface area contributed by atoms with Crippen LogP contribution in [0.3, 0.4) is 0 Å². The molecule has 1 unspecified atom stereocenters. The first-order chi connectivity index (χ1) is 9.58. The Labute approximate surface area is 130 Å². The van der Waals surface area contributed by atoms with Gasteiger partial charge in [0.25, 0.3) is 0 Å². The molecule has 2 aromatic carbocycles. The number of rotatable bonds is 5. The van der Waals surface area contributed by atoms with Crippen LogP contribution in [0.4, 0.5) is 0 Å². The smallest absolute Gasteiger partial charge is 0.0175 e. The molecule has 0 aliphatic heterocycles. The Morgan fingerprint density at radius 2 is 1.60 bits per heavy atom. The second-order valence-corrected chi connectivity index (χ2v) is 6.42. The van der Waals surface area contributed by atoms with Crippen LogP contribution in [0.2, 0.25) is 0 Å². The largest absolute Gasteiger partial charge is 0.319 e. The Morgan fingerprint density at radius 1 is 1.00 bits per heavy atom. The molecule has 0 saturated heterocycles. The number of halogens is 1. The molecule has 0 heterocycles. The molecular weight excluding hydrogens is 310 g/mol. The predicted octanol–water partition coefficient (Wildman–Crippen LogP) is 4.61. The van der Waals surface area contributed by atoms with E-state index in [1.807, 2.05) is 7.05 Å². The van der Waals surface area contributed by atoms with Crippen molar-refractivity contribution in [2.24, 2.45) is 0 Å². The van der Waals surface area contributed by atoms with Gasteiger partial charge < -0.3 is 5.32 Å². The van der Waals surface area contributed by atoms with Gasteiger partial charge in [-0.25, -0.2) is 0 Å². The zero-order valence-electron chi connectivity index (χ0n) is 12.4. The third-order valence-corrected chi connectivity index (χ3v) is 4.08. The summed E-state index contributed by atoms with van der Waals surface area (Å²) in [5, 5.41) is 3.32. The van der Waals surface area contributed by atoms with Crippen LogP contribution in [-0.4, -0.2) is 13.6 Å². The summed E-state index contributed by atoms with van der Waals surface area (Å²) in [6.45, 7) is 5.33. The average molecular weight is 332 g/mol. The normalized spacial score (nSPS) is 12.4. The van der Waals surface area contributed by atoms with Gasteiger partial charge in [-0.2, -0.15) is 0 Å². The van der Waals surface area contributed by atoms with E-state index in [9.17, 15) is 0 Å². The van der Waals surface area contributed by atoms with E-state index in [4.69, 9.17) is 0 Å². The molecule has 1 atom stereocenters. The van der Waals surface area contributed by atoms with Gasteiger partial charge in [0.2, 0.25) is 0 Å². The molecule has 20 heavy (non-hydrogen) atoms. The number of hydrogen-bond donors (Lipinski definition) is 1. The highest BCUT2D eigenvalue weighted by Gasteiger charge is 2.12. The van der Waals surface area contributed by atoms with E-state index in [1.54, 1.807) is 0 Å². The van der Waals surface area contributed by atoms with Gasteiger partial charge in [-0.3, -0.25) is 0 Å². The summed E-state index contributed by atoms with van der Waals surface area (Å²) in [6, 6.07) is 15.5. The average Bonchev–Trinajstić information content (AvgIpc) is 2.38. The second kappa shape index (κ2) is 7.05. The molecule has 2 rings (SSSR count). The standard InChI is InChI=1S/C18H22BrN/c1-13-8-14(2)10-15(9-13)11-17(12-20-3)16-4-6-18(19)7-5-16/h4-10,17,20H,11-12H2,1-3H3. The van der Waals surface area contributed by atoms with Crippen molar-refractivity contribution in [2.45, 2.75) is 26.2 Å². The molecule has 0 fully saturated rings. The fourth-order valence-electron chi connectivity index (χ4n) is 2.76. The first kappa shape index (κ1) is 15.3. The van der Waals surface area contributed by atoms with Gasteiger partial charge in [0.05, 0.1) is 0 Å². The maximum Gasteiger partial charge on any atom is 0.0175 e. The van der Waals surface area contributed by atoms with E-state index in [2.05, 4.69) is 77.6 Å². The minimum atomic E-state index is 0.509. The fraction of sp³-hybridized carbons (Fsp3) is 0.333. The molecule has 2 aromatic rings. The lowest BCUT2D eigenvalue weighted by molar-refractivity contribution is 0.625. The second-order valence-electron chi connectivity index (χ2n) is 5.51. The van der Waals surface area contributed by atoms with Crippen LogP contribution in [0.5, 0.6) is 0 Å². The summed E-state index contributed by atoms with van der Waals surface area (Å²) in [7, 11) is 2.02. The quantitative estimate of drug-likeness (QED) is 0.843. The van der Waals surface area contributed by atoms with Crippen molar-refractivity contribution >= 4 is 15.9 Å². The summed E-state index contributed by atoms with van der Waals surface area (Å²) in [5.41, 5.74) is 5.51. The van der Waals surface area contributed by atoms with Crippen LogP contribution in [0.25, 0.3) is 0 Å². The molecule has 0 aliphatic carbocycles. The summed E-state index contributed by atoms with van der Waals surface area (Å²) in [4.78, 5) is 0. The SMILES string of the molecule is CNCC(Cc1cc(C)cc(C)c1)c1ccc(Br)cc1. The van der Waals surface area contributed by atoms with Gasteiger partial charge in [0.1, 0.15) is 0 Å². The number of nitrogens with one attached hydrogen (secondary N) is 1. The van der Waals surface area contributed by atoms with E-state index in [0.29, 0.717) is 5.92 Å². The zero-order chi connectivity index (χ0) is 14.5. The minimum absolute atomic E-state index is 0.509. The van der Waals surface area contributed by atoms with Gasteiger partial charge >= 0.3 is 0 Å². The van der Waals surface area contributed by atoms with Crippen LogP contribution in [0, 0.1) is 13.8 Å². The van der Waals surface area contributed by atoms with Crippen LogP contribution in [0.15, 0.2) is 46.9 Å². The molecule has 1 N–H and O–H groups in total. The highest BCUT2D eigenvalue weighted by Crippen LogP contribution is 2.23. The Hall–Kier alpha value is -1.12. The maximum absolute atomic E-state index is 3.50. The van der Waals surface area contributed by atoms with Crippen molar-refractivity contribution in [3.05, 3.63) is 69.2 Å². The molecule has 0 bridgehead atoms. The molecule has 1 nitrogen and oxygen atoms in total. The highest BCUT2D eigenvalue weighted by molar-refractivity contribution is 9.10. The van der Waals surface area contributed by atoms with Crippen LogP contribution in [0.1, 0.15) is 28.2 Å². The third kappa shape index (κ3) is 4.19. The lowest BCUT2D eigenvalue weighted by atomic mass is 9.91. The molecule has 0 aliphatic rings. The van der Waals surface area contributed by atoms with Gasteiger partial charge in [-0.15, -0.1) is 0 Å². The Morgan fingerprint density at radius 3 is 2.15 bits per heavy atom. The van der Waals surface area contributed by atoms with Crippen molar-refractivity contribution < 1.29 is 0 Å². The molecule has 0 saturated carbocycles. The number of likely N-dealkylation sites (N-methyl/N-ethyl adjacent to an activating group) is 1. The van der Waals surface area contributed by atoms with E-state index in [0.717, 1.165) is 17.4 Å². The van der Waals surface area contributed by atoms with Crippen molar-refractivity contribution in [1.29, 1.82) is 0 Å². The van der Waals surface area contributed by atoms with E-state index < -0.39 is 0 Å². The van der Waals surface area contributed by atoms with E-state index in [1.165, 1.54) is 22.3 Å². The minimum Gasteiger partial charge on any atom is -0.319 e. The lowest BCUT2D eigenvalue weighted by Crippen LogP contribution is -2.19. The fourth-order valence-corrected chi connectivity index (χ4v) is 3.02. The zero-order valence-corrected chi connectivity index (χ0v) is 14.0. The van der Waals surface area contributed by atoms with Gasteiger partial charge in [0, 0.05) is 16.9 Å². The molecule has 0 aromatic heterocycles. The first-order valence-corrected chi connectivity index (χ1v) is 7.85. The molecule has 0 spiro atoms. The van der Waals surface area contributed by atoms with Crippen molar-refractivity contribution in [3.8, 4) is 0 Å². The van der Waals surface area contributed by atoms with E-state index in [-0.39, 0.29) is 0 Å². The van der Waals surface area contributed by atoms with Crippen LogP contribution >= 0.6 is 15.9 Å². The number of aryl methyl sites for hydroxylation is 2. The maximum atomic E-state index is 3.50. The summed E-state index contributed by atoms with van der Waals surface area (Å²) in [6.07, 6.45) is 1.07. The van der Waals surface area contributed by atoms with Crippen LogP contribution in [-0.2, 0) is 6.42 Å².